The van der Waals surface area contributed by atoms with E-state index < -0.39 is 25.9 Å². The highest BCUT2D eigenvalue weighted by Crippen LogP contribution is 2.20. The molecule has 23 heavy (non-hydrogen) atoms. The molecular formula is C15H16ClNO4S2. The van der Waals surface area contributed by atoms with Crippen LogP contribution in [-0.4, -0.2) is 23.1 Å². The van der Waals surface area contributed by atoms with Crippen LogP contribution in [0.3, 0.4) is 0 Å². The number of hydrogen-bond acceptors (Lipinski definition) is 4. The quantitative estimate of drug-likeness (QED) is 0.873. The normalized spacial score (nSPS) is 13.7. The standard InChI is InChI=1S/C15H16ClNO4S2/c1-11(12-3-7-14(8-4-12)22(2,18)19)17-23(20,21)15-9-5-13(16)6-10-15/h3-11,17H,1-2H3. The third-order valence-corrected chi connectivity index (χ3v) is 6.20. The van der Waals surface area contributed by atoms with Crippen LogP contribution < -0.4 is 4.72 Å². The van der Waals surface area contributed by atoms with Crippen molar-refractivity contribution in [2.24, 2.45) is 0 Å². The summed E-state index contributed by atoms with van der Waals surface area (Å²) in [6, 6.07) is 11.4. The minimum atomic E-state index is -3.69. The molecule has 2 rings (SSSR count). The van der Waals surface area contributed by atoms with Crippen LogP contribution in [0.2, 0.25) is 5.02 Å². The maximum atomic E-state index is 12.3. The van der Waals surface area contributed by atoms with E-state index in [1.54, 1.807) is 19.1 Å². The van der Waals surface area contributed by atoms with Crippen molar-refractivity contribution in [3.8, 4) is 0 Å². The molecule has 8 heteroatoms. The van der Waals surface area contributed by atoms with E-state index in [4.69, 9.17) is 11.6 Å². The number of rotatable bonds is 5. The third kappa shape index (κ3) is 4.54. The number of halogens is 1. The Hall–Kier alpha value is -1.41. The molecule has 0 aliphatic carbocycles. The lowest BCUT2D eigenvalue weighted by atomic mass is 10.1. The highest BCUT2D eigenvalue weighted by Gasteiger charge is 2.18. The molecule has 0 heterocycles. The number of sulfone groups is 1. The van der Waals surface area contributed by atoms with Crippen molar-refractivity contribution in [1.82, 2.24) is 4.72 Å². The molecule has 0 aliphatic heterocycles. The van der Waals surface area contributed by atoms with Crippen molar-refractivity contribution in [3.63, 3.8) is 0 Å². The summed E-state index contributed by atoms with van der Waals surface area (Å²) in [5.74, 6) is 0. The summed E-state index contributed by atoms with van der Waals surface area (Å²) in [5, 5.41) is 0.452. The van der Waals surface area contributed by atoms with E-state index >= 15 is 0 Å². The average Bonchev–Trinajstić information content (AvgIpc) is 2.46. The van der Waals surface area contributed by atoms with Gasteiger partial charge in [-0.25, -0.2) is 21.6 Å². The Balaban J connectivity index is 2.21. The van der Waals surface area contributed by atoms with Crippen molar-refractivity contribution < 1.29 is 16.8 Å². The molecule has 124 valence electrons. The first-order chi connectivity index (χ1) is 10.6. The number of hydrogen-bond donors (Lipinski definition) is 1. The third-order valence-electron chi connectivity index (χ3n) is 3.26. The van der Waals surface area contributed by atoms with Crippen molar-refractivity contribution >= 4 is 31.5 Å². The summed E-state index contributed by atoms with van der Waals surface area (Å²) in [5.41, 5.74) is 0.662. The van der Waals surface area contributed by atoms with E-state index in [0.29, 0.717) is 10.6 Å². The van der Waals surface area contributed by atoms with Crippen molar-refractivity contribution in [2.75, 3.05) is 6.26 Å². The van der Waals surface area contributed by atoms with Crippen LogP contribution in [0, 0.1) is 0 Å². The molecule has 5 nitrogen and oxygen atoms in total. The van der Waals surface area contributed by atoms with E-state index in [2.05, 4.69) is 4.72 Å². The summed E-state index contributed by atoms with van der Waals surface area (Å²) in [7, 11) is -6.97. The van der Waals surface area contributed by atoms with E-state index in [-0.39, 0.29) is 9.79 Å². The average molecular weight is 374 g/mol. The Morgan fingerprint density at radius 3 is 1.83 bits per heavy atom. The van der Waals surface area contributed by atoms with Gasteiger partial charge in [-0.05, 0) is 48.9 Å². The second-order valence-electron chi connectivity index (χ2n) is 5.14. The molecule has 0 saturated heterocycles. The first kappa shape index (κ1) is 17.9. The lowest BCUT2D eigenvalue weighted by Crippen LogP contribution is -2.26. The van der Waals surface area contributed by atoms with E-state index in [9.17, 15) is 16.8 Å². The molecule has 1 atom stereocenters. The fraction of sp³-hybridized carbons (Fsp3) is 0.200. The Morgan fingerprint density at radius 2 is 1.35 bits per heavy atom. The summed E-state index contributed by atoms with van der Waals surface area (Å²) in [4.78, 5) is 0.301. The molecule has 0 saturated carbocycles. The summed E-state index contributed by atoms with van der Waals surface area (Å²) in [6.07, 6.45) is 1.12. The Labute approximate surface area is 141 Å². The zero-order valence-electron chi connectivity index (χ0n) is 12.5. The van der Waals surface area contributed by atoms with Gasteiger partial charge in [0.05, 0.1) is 9.79 Å². The largest absolute Gasteiger partial charge is 0.241 e. The molecule has 0 radical (unpaired) electrons. The van der Waals surface area contributed by atoms with Crippen LogP contribution in [0.25, 0.3) is 0 Å². The first-order valence-electron chi connectivity index (χ1n) is 6.67. The molecular weight excluding hydrogens is 358 g/mol. The fourth-order valence-corrected chi connectivity index (χ4v) is 3.97. The second kappa shape index (κ2) is 6.60. The van der Waals surface area contributed by atoms with Crippen LogP contribution in [0.4, 0.5) is 0 Å². The zero-order chi connectivity index (χ0) is 17.3. The molecule has 0 fully saturated rings. The highest BCUT2D eigenvalue weighted by molar-refractivity contribution is 7.90. The SMILES string of the molecule is CC(NS(=O)(=O)c1ccc(Cl)cc1)c1ccc(S(C)(=O)=O)cc1. The van der Waals surface area contributed by atoms with Gasteiger partial charge in [0.15, 0.2) is 9.84 Å². The van der Waals surface area contributed by atoms with Crippen molar-refractivity contribution in [1.29, 1.82) is 0 Å². The predicted octanol–water partition coefficient (Wildman–Crippen LogP) is 2.78. The van der Waals surface area contributed by atoms with Gasteiger partial charge in [0.25, 0.3) is 0 Å². The topological polar surface area (TPSA) is 80.3 Å². The van der Waals surface area contributed by atoms with Gasteiger partial charge in [-0.2, -0.15) is 0 Å². The van der Waals surface area contributed by atoms with Gasteiger partial charge in [0, 0.05) is 17.3 Å². The number of sulfonamides is 1. The van der Waals surface area contributed by atoms with Gasteiger partial charge < -0.3 is 0 Å². The van der Waals surface area contributed by atoms with Gasteiger partial charge in [-0.3, -0.25) is 0 Å². The molecule has 0 aromatic heterocycles. The van der Waals surface area contributed by atoms with Gasteiger partial charge in [-0.15, -0.1) is 0 Å². The van der Waals surface area contributed by atoms with Crippen molar-refractivity contribution in [2.45, 2.75) is 22.8 Å². The molecule has 0 bridgehead atoms. The van der Waals surface area contributed by atoms with E-state index in [1.807, 2.05) is 0 Å². The maximum Gasteiger partial charge on any atom is 0.241 e. The maximum absolute atomic E-state index is 12.3. The fourth-order valence-electron chi connectivity index (χ4n) is 1.99. The minimum absolute atomic E-state index is 0.113. The van der Waals surface area contributed by atoms with Crippen LogP contribution in [0.15, 0.2) is 58.3 Å². The lowest BCUT2D eigenvalue weighted by molar-refractivity contribution is 0.566. The summed E-state index contributed by atoms with van der Waals surface area (Å²) < 4.78 is 50.0. The predicted molar refractivity (Wildman–Crippen MR) is 89.7 cm³/mol. The zero-order valence-corrected chi connectivity index (χ0v) is 14.9. The Bertz CT molecular complexity index is 889. The van der Waals surface area contributed by atoms with Gasteiger partial charge >= 0.3 is 0 Å². The first-order valence-corrected chi connectivity index (χ1v) is 10.4. The Morgan fingerprint density at radius 1 is 0.870 bits per heavy atom. The monoisotopic (exact) mass is 373 g/mol. The summed E-state index contributed by atoms with van der Waals surface area (Å²) in [6.45, 7) is 1.68. The molecule has 0 spiro atoms. The minimum Gasteiger partial charge on any atom is -0.224 e. The van der Waals surface area contributed by atoms with Gasteiger partial charge in [0.1, 0.15) is 0 Å². The van der Waals surface area contributed by atoms with E-state index in [1.165, 1.54) is 36.4 Å². The highest BCUT2D eigenvalue weighted by atomic mass is 35.5. The van der Waals surface area contributed by atoms with Gasteiger partial charge in [0.2, 0.25) is 10.0 Å². The Kier molecular flexibility index (Phi) is 5.15. The van der Waals surface area contributed by atoms with E-state index in [0.717, 1.165) is 6.26 Å². The molecule has 2 aromatic carbocycles. The second-order valence-corrected chi connectivity index (χ2v) is 9.30. The summed E-state index contributed by atoms with van der Waals surface area (Å²) >= 11 is 5.75. The smallest absolute Gasteiger partial charge is 0.224 e. The van der Waals surface area contributed by atoms with Crippen LogP contribution in [-0.2, 0) is 19.9 Å². The van der Waals surface area contributed by atoms with Gasteiger partial charge in [-0.1, -0.05) is 23.7 Å². The molecule has 1 unspecified atom stereocenters. The molecule has 0 amide bonds. The molecule has 2 aromatic rings. The number of benzene rings is 2. The van der Waals surface area contributed by atoms with Crippen LogP contribution >= 0.6 is 11.6 Å². The number of nitrogens with one attached hydrogen (secondary N) is 1. The lowest BCUT2D eigenvalue weighted by Gasteiger charge is -2.15. The van der Waals surface area contributed by atoms with Crippen LogP contribution in [0.5, 0.6) is 0 Å². The molecule has 0 aliphatic rings. The van der Waals surface area contributed by atoms with Crippen molar-refractivity contribution in [3.05, 3.63) is 59.1 Å². The molecule has 1 N–H and O–H groups in total. The van der Waals surface area contributed by atoms with Crippen LogP contribution in [0.1, 0.15) is 18.5 Å².